The van der Waals surface area contributed by atoms with Gasteiger partial charge in [0.1, 0.15) is 7.85 Å². The molecule has 0 aliphatic rings. The molecule has 0 aliphatic carbocycles. The second-order valence-electron chi connectivity index (χ2n) is 2.32. The van der Waals surface area contributed by atoms with Crippen molar-refractivity contribution in [2.24, 2.45) is 0 Å². The molecule has 0 rings (SSSR count). The number of ether oxygens (including phenoxy) is 1. The van der Waals surface area contributed by atoms with Crippen LogP contribution in [0.15, 0.2) is 0 Å². The Morgan fingerprint density at radius 2 is 1.67 bits per heavy atom. The fourth-order valence-corrected chi connectivity index (χ4v) is 0. The molecule has 0 N–H and O–H groups in total. The van der Waals surface area contributed by atoms with E-state index in [0.29, 0.717) is 0 Å². The number of hydrogen-bond acceptors (Lipinski definition) is 1. The summed E-state index contributed by atoms with van der Waals surface area (Å²) in [4.78, 5) is 0. The molecule has 6 heavy (non-hydrogen) atoms. The summed E-state index contributed by atoms with van der Waals surface area (Å²) in [5, 5.41) is 0. The summed E-state index contributed by atoms with van der Waals surface area (Å²) in [6, 6.07) is 0. The zero-order chi connectivity index (χ0) is 5.21. The highest BCUT2D eigenvalue weighted by molar-refractivity contribution is 6.13. The predicted molar refractivity (Wildman–Crippen MR) is 29.6 cm³/mol. The minimum atomic E-state index is 0.0417. The zero-order valence-corrected chi connectivity index (χ0v) is 4.91. The standard InChI is InChI=1S/C4H11BO/c1-4(2,5)6-3/h5H2,1-3H3. The third kappa shape index (κ3) is 4.02. The van der Waals surface area contributed by atoms with E-state index in [-0.39, 0.29) is 5.50 Å². The minimum Gasteiger partial charge on any atom is -0.388 e. The summed E-state index contributed by atoms with van der Waals surface area (Å²) >= 11 is 0. The first-order valence-corrected chi connectivity index (χ1v) is 2.11. The topological polar surface area (TPSA) is 9.23 Å². The summed E-state index contributed by atoms with van der Waals surface area (Å²) in [5.74, 6) is 0. The first-order chi connectivity index (χ1) is 2.56. The highest BCUT2D eigenvalue weighted by Gasteiger charge is 2.04. The van der Waals surface area contributed by atoms with Gasteiger partial charge in [-0.05, 0) is 13.8 Å². The van der Waals surface area contributed by atoms with Gasteiger partial charge in [-0.25, -0.2) is 0 Å². The molecule has 0 aromatic heterocycles. The average molecular weight is 85.9 g/mol. The summed E-state index contributed by atoms with van der Waals surface area (Å²) in [7, 11) is 3.73. The van der Waals surface area contributed by atoms with Crippen LogP contribution in [0, 0.1) is 0 Å². The minimum absolute atomic E-state index is 0.0417. The summed E-state index contributed by atoms with van der Waals surface area (Å²) in [5.41, 5.74) is 0.0417. The SMILES string of the molecule is BC(C)(C)OC. The summed E-state index contributed by atoms with van der Waals surface area (Å²) < 4.78 is 4.94. The molecule has 0 radical (unpaired) electrons. The van der Waals surface area contributed by atoms with Crippen LogP contribution >= 0.6 is 0 Å². The second-order valence-corrected chi connectivity index (χ2v) is 2.32. The van der Waals surface area contributed by atoms with Crippen molar-refractivity contribution in [3.05, 3.63) is 0 Å². The van der Waals surface area contributed by atoms with Crippen LogP contribution < -0.4 is 0 Å². The second kappa shape index (κ2) is 1.65. The smallest absolute Gasteiger partial charge is 0.142 e. The van der Waals surface area contributed by atoms with Crippen molar-refractivity contribution in [3.63, 3.8) is 0 Å². The molecule has 0 saturated heterocycles. The molecule has 0 atom stereocenters. The van der Waals surface area contributed by atoms with Gasteiger partial charge in [-0.3, -0.25) is 0 Å². The molecule has 1 nitrogen and oxygen atoms in total. The van der Waals surface area contributed by atoms with Gasteiger partial charge in [-0.1, -0.05) is 0 Å². The van der Waals surface area contributed by atoms with Crippen LogP contribution in [-0.2, 0) is 4.74 Å². The van der Waals surface area contributed by atoms with Gasteiger partial charge in [0.25, 0.3) is 0 Å². The Morgan fingerprint density at radius 3 is 1.67 bits per heavy atom. The van der Waals surface area contributed by atoms with Crippen LogP contribution in [0.25, 0.3) is 0 Å². The first kappa shape index (κ1) is 6.02. The third-order valence-corrected chi connectivity index (χ3v) is 0.612. The van der Waals surface area contributed by atoms with Crippen molar-refractivity contribution in [1.82, 2.24) is 0 Å². The van der Waals surface area contributed by atoms with Crippen LogP contribution in [0.1, 0.15) is 13.8 Å². The zero-order valence-electron chi connectivity index (χ0n) is 4.91. The van der Waals surface area contributed by atoms with Gasteiger partial charge in [-0.2, -0.15) is 0 Å². The fraction of sp³-hybridized carbons (Fsp3) is 1.00. The highest BCUT2D eigenvalue weighted by atomic mass is 16.5. The van der Waals surface area contributed by atoms with Gasteiger partial charge in [0.2, 0.25) is 0 Å². The van der Waals surface area contributed by atoms with Crippen molar-refractivity contribution < 1.29 is 4.74 Å². The average Bonchev–Trinajstić information content (AvgIpc) is 1.35. The van der Waals surface area contributed by atoms with Crippen molar-refractivity contribution in [2.45, 2.75) is 19.3 Å². The molecule has 2 heteroatoms. The molecule has 0 aromatic rings. The molecular formula is C4H11BO. The molecule has 36 valence electrons. The molecule has 0 spiro atoms. The molecule has 0 heterocycles. The molecule has 0 unspecified atom stereocenters. The van der Waals surface area contributed by atoms with E-state index >= 15 is 0 Å². The summed E-state index contributed by atoms with van der Waals surface area (Å²) in [6.07, 6.45) is 0. The van der Waals surface area contributed by atoms with E-state index < -0.39 is 0 Å². The monoisotopic (exact) mass is 86.1 g/mol. The van der Waals surface area contributed by atoms with Crippen LogP contribution in [-0.4, -0.2) is 20.5 Å². The number of methoxy groups -OCH3 is 1. The normalized spacial score (nSPS) is 11.8. The van der Waals surface area contributed by atoms with Gasteiger partial charge in [0, 0.05) is 12.6 Å². The molecule has 0 amide bonds. The molecule has 0 aromatic carbocycles. The quantitative estimate of drug-likeness (QED) is 0.408. The fourth-order valence-electron chi connectivity index (χ4n) is 0. The van der Waals surface area contributed by atoms with Gasteiger partial charge < -0.3 is 4.74 Å². The Labute approximate surface area is 40.1 Å². The molecule has 0 fully saturated rings. The van der Waals surface area contributed by atoms with Gasteiger partial charge in [-0.15, -0.1) is 0 Å². The Morgan fingerprint density at radius 1 is 1.50 bits per heavy atom. The maximum Gasteiger partial charge on any atom is 0.142 e. The largest absolute Gasteiger partial charge is 0.388 e. The van der Waals surface area contributed by atoms with Gasteiger partial charge >= 0.3 is 0 Å². The van der Waals surface area contributed by atoms with E-state index in [9.17, 15) is 0 Å². The van der Waals surface area contributed by atoms with Gasteiger partial charge in [0.15, 0.2) is 0 Å². The van der Waals surface area contributed by atoms with Crippen molar-refractivity contribution >= 4 is 7.85 Å². The van der Waals surface area contributed by atoms with Crippen LogP contribution in [0.3, 0.4) is 0 Å². The van der Waals surface area contributed by atoms with Crippen LogP contribution in [0.5, 0.6) is 0 Å². The molecular weight excluding hydrogens is 74.9 g/mol. The van der Waals surface area contributed by atoms with E-state index in [1.807, 2.05) is 21.7 Å². The lowest BCUT2D eigenvalue weighted by Gasteiger charge is -2.14. The molecule has 0 aliphatic heterocycles. The Hall–Kier alpha value is 0.0249. The summed E-state index contributed by atoms with van der Waals surface area (Å²) in [6.45, 7) is 4.04. The van der Waals surface area contributed by atoms with Crippen LogP contribution in [0.4, 0.5) is 0 Å². The molecule has 0 bridgehead atoms. The maximum absolute atomic E-state index is 4.94. The lowest BCUT2D eigenvalue weighted by Crippen LogP contribution is -2.21. The third-order valence-electron chi connectivity index (χ3n) is 0.612. The number of rotatable bonds is 1. The Kier molecular flexibility index (Phi) is 1.66. The highest BCUT2D eigenvalue weighted by Crippen LogP contribution is 1.96. The number of hydrogen-bond donors (Lipinski definition) is 0. The first-order valence-electron chi connectivity index (χ1n) is 2.11. The van der Waals surface area contributed by atoms with E-state index in [4.69, 9.17) is 4.74 Å². The van der Waals surface area contributed by atoms with E-state index in [0.717, 1.165) is 0 Å². The predicted octanol–water partition coefficient (Wildman–Crippen LogP) is 0.00200. The van der Waals surface area contributed by atoms with E-state index in [1.54, 1.807) is 7.11 Å². The van der Waals surface area contributed by atoms with Gasteiger partial charge in [0.05, 0.1) is 0 Å². The maximum atomic E-state index is 4.94. The lowest BCUT2D eigenvalue weighted by molar-refractivity contribution is 0.0958. The van der Waals surface area contributed by atoms with E-state index in [2.05, 4.69) is 0 Å². The van der Waals surface area contributed by atoms with Crippen LogP contribution in [0.2, 0.25) is 0 Å². The Bertz CT molecular complexity index is 37.3. The Balaban J connectivity index is 3.17. The van der Waals surface area contributed by atoms with Crippen molar-refractivity contribution in [2.75, 3.05) is 7.11 Å². The van der Waals surface area contributed by atoms with Crippen molar-refractivity contribution in [1.29, 1.82) is 0 Å². The molecule has 0 saturated carbocycles. The lowest BCUT2D eigenvalue weighted by atomic mass is 9.86. The van der Waals surface area contributed by atoms with E-state index in [1.165, 1.54) is 0 Å². The van der Waals surface area contributed by atoms with Crippen molar-refractivity contribution in [3.8, 4) is 0 Å².